The summed E-state index contributed by atoms with van der Waals surface area (Å²) in [5, 5.41) is 0.511. The van der Waals surface area contributed by atoms with E-state index in [1.54, 1.807) is 0 Å². The lowest BCUT2D eigenvalue weighted by Crippen LogP contribution is -2.20. The van der Waals surface area contributed by atoms with Gasteiger partial charge in [-0.15, -0.1) is 11.3 Å². The number of aromatic nitrogens is 2. The summed E-state index contributed by atoms with van der Waals surface area (Å²) in [6.07, 6.45) is 2.87. The number of aromatic amines is 1. The number of benzene rings is 1. The van der Waals surface area contributed by atoms with Crippen LogP contribution in [0, 0.1) is 0 Å². The molecule has 1 aromatic carbocycles. The van der Waals surface area contributed by atoms with Gasteiger partial charge in [0.15, 0.2) is 9.84 Å². The van der Waals surface area contributed by atoms with Gasteiger partial charge in [-0.1, -0.05) is 12.1 Å². The number of sulfone groups is 1. The SMILES string of the molecule is COC(=O)C1CCCc2cc(-c3nc4sc5c(c4c(=O)[nH]3)CCS(=O)(=O)C5)ccc21. The number of rotatable bonds is 2. The number of thiophene rings is 1. The molecule has 156 valence electrons. The van der Waals surface area contributed by atoms with E-state index in [1.807, 2.05) is 18.2 Å². The van der Waals surface area contributed by atoms with Gasteiger partial charge in [0, 0.05) is 10.4 Å². The summed E-state index contributed by atoms with van der Waals surface area (Å²) in [5.74, 6) is 0.0199. The molecule has 3 heterocycles. The van der Waals surface area contributed by atoms with Crippen LogP contribution in [0.15, 0.2) is 23.0 Å². The molecule has 0 saturated heterocycles. The highest BCUT2D eigenvalue weighted by Crippen LogP contribution is 2.36. The Kier molecular flexibility index (Phi) is 4.55. The molecule has 1 unspecified atom stereocenters. The normalized spacial score (nSPS) is 19.8. The number of aryl methyl sites for hydroxylation is 2. The number of H-pyrrole nitrogens is 1. The van der Waals surface area contributed by atoms with Crippen LogP contribution in [0.4, 0.5) is 0 Å². The summed E-state index contributed by atoms with van der Waals surface area (Å²) < 4.78 is 28.9. The lowest BCUT2D eigenvalue weighted by Gasteiger charge is -2.24. The van der Waals surface area contributed by atoms with Crippen molar-refractivity contribution in [2.75, 3.05) is 12.9 Å². The van der Waals surface area contributed by atoms with Gasteiger partial charge in [0.05, 0.1) is 29.9 Å². The average molecular weight is 445 g/mol. The monoisotopic (exact) mass is 444 g/mol. The third-order valence-corrected chi connectivity index (χ3v) is 8.84. The van der Waals surface area contributed by atoms with Gasteiger partial charge in [0.25, 0.3) is 5.56 Å². The molecule has 2 aromatic heterocycles. The van der Waals surface area contributed by atoms with Crippen molar-refractivity contribution in [1.29, 1.82) is 0 Å². The number of hydrogen-bond donors (Lipinski definition) is 1. The average Bonchev–Trinajstić information content (AvgIpc) is 3.08. The molecule has 1 aliphatic carbocycles. The van der Waals surface area contributed by atoms with Crippen LogP contribution in [0.1, 0.15) is 40.3 Å². The number of methoxy groups -OCH3 is 1. The Hall–Kier alpha value is -2.52. The largest absolute Gasteiger partial charge is 0.469 e. The van der Waals surface area contributed by atoms with Gasteiger partial charge < -0.3 is 9.72 Å². The highest BCUT2D eigenvalue weighted by atomic mass is 32.2. The van der Waals surface area contributed by atoms with Gasteiger partial charge in [-0.05, 0) is 48.4 Å². The fourth-order valence-corrected chi connectivity index (χ4v) is 7.53. The van der Waals surface area contributed by atoms with E-state index in [-0.39, 0.29) is 29.0 Å². The molecule has 0 saturated carbocycles. The van der Waals surface area contributed by atoms with Crippen molar-refractivity contribution in [1.82, 2.24) is 9.97 Å². The minimum atomic E-state index is -3.11. The smallest absolute Gasteiger partial charge is 0.313 e. The Morgan fingerprint density at radius 2 is 2.13 bits per heavy atom. The van der Waals surface area contributed by atoms with Crippen LogP contribution >= 0.6 is 11.3 Å². The van der Waals surface area contributed by atoms with E-state index in [9.17, 15) is 18.0 Å². The summed E-state index contributed by atoms with van der Waals surface area (Å²) in [4.78, 5) is 33.8. The van der Waals surface area contributed by atoms with Crippen molar-refractivity contribution in [3.63, 3.8) is 0 Å². The Morgan fingerprint density at radius 3 is 2.93 bits per heavy atom. The zero-order chi connectivity index (χ0) is 21.0. The minimum absolute atomic E-state index is 0.0219. The van der Waals surface area contributed by atoms with E-state index >= 15 is 0 Å². The van der Waals surface area contributed by atoms with Crippen LogP contribution in [-0.2, 0) is 38.0 Å². The van der Waals surface area contributed by atoms with Crippen LogP contribution in [-0.4, -0.2) is 37.2 Å². The number of nitrogens with zero attached hydrogens (tertiary/aromatic N) is 1. The van der Waals surface area contributed by atoms with E-state index in [4.69, 9.17) is 4.74 Å². The molecule has 0 fully saturated rings. The van der Waals surface area contributed by atoms with Gasteiger partial charge in [-0.2, -0.15) is 0 Å². The van der Waals surface area contributed by atoms with Crippen LogP contribution in [0.5, 0.6) is 0 Å². The molecule has 1 aliphatic heterocycles. The van der Waals surface area contributed by atoms with Crippen LogP contribution in [0.2, 0.25) is 0 Å². The molecule has 0 spiro atoms. The molecule has 3 aromatic rings. The van der Waals surface area contributed by atoms with Crippen molar-refractivity contribution in [3.8, 4) is 11.4 Å². The first kappa shape index (κ1) is 19.4. The Morgan fingerprint density at radius 1 is 1.30 bits per heavy atom. The molecule has 0 bridgehead atoms. The zero-order valence-corrected chi connectivity index (χ0v) is 18.0. The van der Waals surface area contributed by atoms with Gasteiger partial charge in [0.2, 0.25) is 0 Å². The van der Waals surface area contributed by atoms with E-state index in [0.29, 0.717) is 22.5 Å². The second-order valence-corrected chi connectivity index (χ2v) is 11.1. The third kappa shape index (κ3) is 3.16. The molecular weight excluding hydrogens is 424 g/mol. The Balaban J connectivity index is 1.59. The third-order valence-electron chi connectivity index (χ3n) is 5.97. The predicted octanol–water partition coefficient (Wildman–Crippen LogP) is 2.72. The van der Waals surface area contributed by atoms with Crippen molar-refractivity contribution >= 4 is 37.4 Å². The zero-order valence-electron chi connectivity index (χ0n) is 16.4. The molecule has 0 radical (unpaired) electrons. The van der Waals surface area contributed by atoms with Crippen molar-refractivity contribution in [3.05, 3.63) is 50.1 Å². The fraction of sp³-hybridized carbons (Fsp3) is 0.381. The summed E-state index contributed by atoms with van der Waals surface area (Å²) in [5.41, 5.74) is 3.39. The number of ether oxygens (including phenoxy) is 1. The lowest BCUT2D eigenvalue weighted by atomic mass is 9.82. The van der Waals surface area contributed by atoms with Crippen molar-refractivity contribution in [2.24, 2.45) is 0 Å². The maximum atomic E-state index is 12.8. The summed E-state index contributed by atoms with van der Waals surface area (Å²) in [7, 11) is -1.71. The first-order valence-electron chi connectivity index (χ1n) is 9.82. The Labute approximate surface area is 177 Å². The maximum absolute atomic E-state index is 12.8. The standard InChI is InChI=1S/C21H20N2O5S2/c1-28-21(25)14-4-2-3-11-9-12(5-6-13(11)14)18-22-19(24)17-15-7-8-30(26,27)10-16(15)29-20(17)23-18/h5-6,9,14H,2-4,7-8,10H2,1H3,(H,22,23,24). The van der Waals surface area contributed by atoms with Crippen LogP contribution in [0.3, 0.4) is 0 Å². The summed E-state index contributed by atoms with van der Waals surface area (Å²) in [6, 6.07) is 5.76. The fourth-order valence-electron chi connectivity index (χ4n) is 4.51. The first-order valence-corrected chi connectivity index (χ1v) is 12.5. The number of fused-ring (bicyclic) bond motifs is 4. The van der Waals surface area contributed by atoms with Crippen LogP contribution in [0.25, 0.3) is 21.6 Å². The highest BCUT2D eigenvalue weighted by Gasteiger charge is 2.29. The molecule has 1 N–H and O–H groups in total. The van der Waals surface area contributed by atoms with E-state index in [1.165, 1.54) is 18.4 Å². The molecule has 7 nitrogen and oxygen atoms in total. The van der Waals surface area contributed by atoms with Gasteiger partial charge in [-0.25, -0.2) is 13.4 Å². The lowest BCUT2D eigenvalue weighted by molar-refractivity contribution is -0.142. The van der Waals surface area contributed by atoms with Gasteiger partial charge in [-0.3, -0.25) is 9.59 Å². The molecule has 9 heteroatoms. The number of esters is 1. The summed E-state index contributed by atoms with van der Waals surface area (Å²) >= 11 is 1.29. The van der Waals surface area contributed by atoms with E-state index in [0.717, 1.165) is 46.4 Å². The van der Waals surface area contributed by atoms with Crippen molar-refractivity contribution in [2.45, 2.75) is 37.4 Å². The first-order chi connectivity index (χ1) is 14.4. The number of carbonyl (C=O) groups is 1. The number of nitrogens with one attached hydrogen (secondary N) is 1. The molecule has 5 rings (SSSR count). The predicted molar refractivity (Wildman–Crippen MR) is 115 cm³/mol. The number of carbonyl (C=O) groups excluding carboxylic acids is 1. The maximum Gasteiger partial charge on any atom is 0.313 e. The van der Waals surface area contributed by atoms with E-state index in [2.05, 4.69) is 9.97 Å². The van der Waals surface area contributed by atoms with Crippen LogP contribution < -0.4 is 5.56 Å². The molecule has 1 atom stereocenters. The van der Waals surface area contributed by atoms with Crippen molar-refractivity contribution < 1.29 is 17.9 Å². The molecular formula is C21H20N2O5S2. The quantitative estimate of drug-likeness (QED) is 0.609. The second-order valence-electron chi connectivity index (χ2n) is 7.82. The summed E-state index contributed by atoms with van der Waals surface area (Å²) in [6.45, 7) is 0. The second kappa shape index (κ2) is 7.02. The Bertz CT molecular complexity index is 1350. The van der Waals surface area contributed by atoms with E-state index < -0.39 is 9.84 Å². The number of hydrogen-bond acceptors (Lipinski definition) is 7. The minimum Gasteiger partial charge on any atom is -0.469 e. The highest BCUT2D eigenvalue weighted by molar-refractivity contribution is 7.90. The molecule has 30 heavy (non-hydrogen) atoms. The van der Waals surface area contributed by atoms with Gasteiger partial charge in [0.1, 0.15) is 10.7 Å². The topological polar surface area (TPSA) is 106 Å². The molecule has 2 aliphatic rings. The van der Waals surface area contributed by atoms with Gasteiger partial charge >= 0.3 is 5.97 Å². The molecule has 0 amide bonds.